The van der Waals surface area contributed by atoms with Gasteiger partial charge in [-0.25, -0.2) is 9.97 Å². The highest BCUT2D eigenvalue weighted by molar-refractivity contribution is 5.99. The maximum atomic E-state index is 13.4. The van der Waals surface area contributed by atoms with E-state index in [1.165, 1.54) is 31.5 Å². The number of ether oxygens (including phenoxy) is 1. The number of hydrogen-bond donors (Lipinski definition) is 0. The van der Waals surface area contributed by atoms with Crippen LogP contribution in [0.1, 0.15) is 5.56 Å². The number of nitrogens with zero attached hydrogens (tertiary/aromatic N) is 2. The molecule has 3 rings (SSSR count). The second-order valence-corrected chi connectivity index (χ2v) is 4.22. The third kappa shape index (κ3) is 1.84. The molecule has 0 aliphatic heterocycles. The van der Waals surface area contributed by atoms with Gasteiger partial charge in [0.25, 0.3) is 0 Å². The second-order valence-electron chi connectivity index (χ2n) is 4.22. The predicted octanol–water partition coefficient (Wildman–Crippen LogP) is 3.81. The average molecular weight is 278 g/mol. The smallest absolute Gasteiger partial charge is 0.417 e. The Bertz CT molecular complexity index is 799. The molecule has 102 valence electrons. The Hall–Kier alpha value is -2.37. The minimum atomic E-state index is -4.48. The van der Waals surface area contributed by atoms with Gasteiger partial charge in [0.15, 0.2) is 0 Å². The fourth-order valence-electron chi connectivity index (χ4n) is 2.25. The first kappa shape index (κ1) is 12.7. The molecular weight excluding hydrogens is 269 g/mol. The van der Waals surface area contributed by atoms with Gasteiger partial charge in [-0.3, -0.25) is 0 Å². The summed E-state index contributed by atoms with van der Waals surface area (Å²) in [6.45, 7) is 0. The predicted molar refractivity (Wildman–Crippen MR) is 68.6 cm³/mol. The molecular formula is C14H9F3N2O. The zero-order valence-corrected chi connectivity index (χ0v) is 10.4. The summed E-state index contributed by atoms with van der Waals surface area (Å²) in [5.41, 5.74) is -0.335. The molecule has 0 amide bonds. The number of rotatable bonds is 1. The van der Waals surface area contributed by atoms with Gasteiger partial charge in [-0.15, -0.1) is 0 Å². The van der Waals surface area contributed by atoms with Gasteiger partial charge in [-0.1, -0.05) is 18.2 Å². The summed E-state index contributed by atoms with van der Waals surface area (Å²) in [6.07, 6.45) is -3.19. The lowest BCUT2D eigenvalue weighted by molar-refractivity contribution is -0.135. The summed E-state index contributed by atoms with van der Waals surface area (Å²) in [7, 11) is 1.35. The third-order valence-corrected chi connectivity index (χ3v) is 3.04. The van der Waals surface area contributed by atoms with Crippen molar-refractivity contribution in [3.8, 4) is 5.88 Å². The Balaban J connectivity index is 2.57. The van der Waals surface area contributed by atoms with Crippen LogP contribution < -0.4 is 4.74 Å². The number of alkyl halides is 3. The molecule has 3 aromatic rings. The van der Waals surface area contributed by atoms with Gasteiger partial charge in [0.05, 0.1) is 18.2 Å². The van der Waals surface area contributed by atoms with Crippen LogP contribution >= 0.6 is 0 Å². The maximum Gasteiger partial charge on any atom is 0.417 e. The lowest BCUT2D eigenvalue weighted by Crippen LogP contribution is -2.08. The molecule has 0 spiro atoms. The molecule has 20 heavy (non-hydrogen) atoms. The quantitative estimate of drug-likeness (QED) is 0.635. The van der Waals surface area contributed by atoms with Crippen molar-refractivity contribution in [3.05, 3.63) is 42.1 Å². The molecule has 6 heteroatoms. The number of para-hydroxylation sites is 1. The third-order valence-electron chi connectivity index (χ3n) is 3.04. The first-order valence-corrected chi connectivity index (χ1v) is 5.81. The minimum Gasteiger partial charge on any atom is -0.479 e. The number of fused-ring (bicyclic) bond motifs is 2. The number of hydrogen-bond acceptors (Lipinski definition) is 3. The van der Waals surface area contributed by atoms with E-state index in [0.717, 1.165) is 0 Å². The molecule has 0 radical (unpaired) electrons. The van der Waals surface area contributed by atoms with Crippen molar-refractivity contribution in [2.24, 2.45) is 0 Å². The van der Waals surface area contributed by atoms with Gasteiger partial charge in [0.1, 0.15) is 5.52 Å². The number of pyridine rings is 2. The van der Waals surface area contributed by atoms with Crippen LogP contribution in [0.4, 0.5) is 13.2 Å². The van der Waals surface area contributed by atoms with E-state index in [4.69, 9.17) is 4.74 Å². The van der Waals surface area contributed by atoms with Crippen LogP contribution in [0, 0.1) is 0 Å². The fourth-order valence-corrected chi connectivity index (χ4v) is 2.25. The molecule has 0 aliphatic rings. The van der Waals surface area contributed by atoms with Gasteiger partial charge >= 0.3 is 6.18 Å². The summed E-state index contributed by atoms with van der Waals surface area (Å²) in [5.74, 6) is 0.0822. The number of halogens is 3. The van der Waals surface area contributed by atoms with Crippen molar-refractivity contribution in [1.29, 1.82) is 0 Å². The zero-order valence-electron chi connectivity index (χ0n) is 10.4. The molecule has 0 atom stereocenters. The minimum absolute atomic E-state index is 0.0111. The van der Waals surface area contributed by atoms with Crippen LogP contribution in [0.15, 0.2) is 36.5 Å². The summed E-state index contributed by atoms with van der Waals surface area (Å²) in [4.78, 5) is 8.14. The Labute approximate surface area is 112 Å². The van der Waals surface area contributed by atoms with Gasteiger partial charge in [-0.05, 0) is 12.1 Å². The highest BCUT2D eigenvalue weighted by Crippen LogP contribution is 2.40. The van der Waals surface area contributed by atoms with E-state index < -0.39 is 11.7 Å². The lowest BCUT2D eigenvalue weighted by atomic mass is 10.0. The van der Waals surface area contributed by atoms with E-state index in [1.807, 2.05) is 0 Å². The molecule has 0 saturated carbocycles. The standard InChI is InChI=1S/C14H9F3N2O/c1-20-13-12-9(6-7-18-13)11(14(15,16)17)8-4-2-3-5-10(8)19-12/h2-7H,1H3. The van der Waals surface area contributed by atoms with Crippen LogP contribution in [-0.4, -0.2) is 17.1 Å². The molecule has 0 fully saturated rings. The van der Waals surface area contributed by atoms with E-state index in [0.29, 0.717) is 0 Å². The van der Waals surface area contributed by atoms with Gasteiger partial charge < -0.3 is 4.74 Å². The van der Waals surface area contributed by atoms with Gasteiger partial charge in [0.2, 0.25) is 5.88 Å². The molecule has 0 unspecified atom stereocenters. The van der Waals surface area contributed by atoms with Crippen LogP contribution in [0.25, 0.3) is 21.8 Å². The highest BCUT2D eigenvalue weighted by Gasteiger charge is 2.35. The highest BCUT2D eigenvalue weighted by atomic mass is 19.4. The summed E-state index contributed by atoms with van der Waals surface area (Å²) < 4.78 is 45.2. The van der Waals surface area contributed by atoms with E-state index in [2.05, 4.69) is 9.97 Å². The van der Waals surface area contributed by atoms with Crippen LogP contribution in [-0.2, 0) is 6.18 Å². The zero-order chi connectivity index (χ0) is 14.3. The van der Waals surface area contributed by atoms with Crippen LogP contribution in [0.5, 0.6) is 5.88 Å². The Morgan fingerprint density at radius 2 is 1.80 bits per heavy atom. The fraction of sp³-hybridized carbons (Fsp3) is 0.143. The maximum absolute atomic E-state index is 13.4. The molecule has 0 bridgehead atoms. The Morgan fingerprint density at radius 3 is 2.50 bits per heavy atom. The van der Waals surface area contributed by atoms with Crippen molar-refractivity contribution in [1.82, 2.24) is 9.97 Å². The SMILES string of the molecule is COc1nccc2c(C(F)(F)F)c3ccccc3nc12. The first-order valence-electron chi connectivity index (χ1n) is 5.81. The molecule has 0 saturated heterocycles. The number of benzene rings is 1. The van der Waals surface area contributed by atoms with Crippen molar-refractivity contribution in [3.63, 3.8) is 0 Å². The second kappa shape index (κ2) is 4.33. The van der Waals surface area contributed by atoms with Crippen molar-refractivity contribution < 1.29 is 17.9 Å². The van der Waals surface area contributed by atoms with Crippen molar-refractivity contribution in [2.45, 2.75) is 6.18 Å². The van der Waals surface area contributed by atoms with E-state index in [1.54, 1.807) is 12.1 Å². The lowest BCUT2D eigenvalue weighted by Gasteiger charge is -2.14. The molecule has 0 N–H and O–H groups in total. The van der Waals surface area contributed by atoms with E-state index >= 15 is 0 Å². The number of methoxy groups -OCH3 is 1. The molecule has 1 aromatic carbocycles. The largest absolute Gasteiger partial charge is 0.479 e. The molecule has 0 aliphatic carbocycles. The molecule has 3 nitrogen and oxygen atoms in total. The van der Waals surface area contributed by atoms with Crippen LogP contribution in [0.3, 0.4) is 0 Å². The molecule has 2 aromatic heterocycles. The van der Waals surface area contributed by atoms with Crippen LogP contribution in [0.2, 0.25) is 0 Å². The van der Waals surface area contributed by atoms with E-state index in [9.17, 15) is 13.2 Å². The van der Waals surface area contributed by atoms with Gasteiger partial charge in [-0.2, -0.15) is 13.2 Å². The van der Waals surface area contributed by atoms with Crippen molar-refractivity contribution >= 4 is 21.8 Å². The Morgan fingerprint density at radius 1 is 1.05 bits per heavy atom. The monoisotopic (exact) mass is 278 g/mol. The van der Waals surface area contributed by atoms with Crippen molar-refractivity contribution in [2.75, 3.05) is 7.11 Å². The topological polar surface area (TPSA) is 35.0 Å². The summed E-state index contributed by atoms with van der Waals surface area (Å²) >= 11 is 0. The van der Waals surface area contributed by atoms with E-state index in [-0.39, 0.29) is 27.7 Å². The summed E-state index contributed by atoms with van der Waals surface area (Å²) in [6, 6.07) is 7.46. The number of aromatic nitrogens is 2. The first-order chi connectivity index (χ1) is 9.52. The molecule has 2 heterocycles. The average Bonchev–Trinajstić information content (AvgIpc) is 2.42. The Kier molecular flexibility index (Phi) is 2.74. The van der Waals surface area contributed by atoms with Gasteiger partial charge in [0, 0.05) is 17.0 Å². The summed E-state index contributed by atoms with van der Waals surface area (Å²) in [5, 5.41) is 0.0591. The normalized spacial score (nSPS) is 12.0.